The van der Waals surface area contributed by atoms with Crippen LogP contribution < -0.4 is 25.0 Å². The van der Waals surface area contributed by atoms with E-state index in [0.717, 1.165) is 0 Å². The molecule has 0 atom stereocenters. The summed E-state index contributed by atoms with van der Waals surface area (Å²) in [6.45, 7) is -0.804. The van der Waals surface area contributed by atoms with Crippen LogP contribution in [0.5, 0.6) is 17.2 Å². The molecule has 0 fully saturated rings. The number of methoxy groups -OCH3 is 2. The Kier molecular flexibility index (Phi) is 8.18. The molecule has 10 nitrogen and oxygen atoms in total. The molecular weight excluding hydrogens is 394 g/mol. The Morgan fingerprint density at radius 2 is 1.77 bits per heavy atom. The average Bonchev–Trinajstić information content (AvgIpc) is 2.76. The molecule has 2 amide bonds. The van der Waals surface area contributed by atoms with Gasteiger partial charge in [0.1, 0.15) is 5.75 Å². The fourth-order valence-electron chi connectivity index (χ4n) is 2.31. The molecule has 0 bridgehead atoms. The van der Waals surface area contributed by atoms with Crippen molar-refractivity contribution in [3.63, 3.8) is 0 Å². The normalized spacial score (nSPS) is 10.3. The van der Waals surface area contributed by atoms with Crippen molar-refractivity contribution >= 4 is 24.0 Å². The number of carbonyl (C=O) groups excluding carboxylic acids is 2. The molecule has 10 heteroatoms. The Morgan fingerprint density at radius 1 is 1.03 bits per heavy atom. The number of carboxylic acids is 1. The third kappa shape index (κ3) is 6.51. The third-order valence-electron chi connectivity index (χ3n) is 3.72. The topological polar surface area (TPSA) is 136 Å². The number of benzene rings is 2. The summed E-state index contributed by atoms with van der Waals surface area (Å²) in [5.74, 6) is -0.955. The number of nitrogens with zero attached hydrogens (tertiary/aromatic N) is 1. The number of hydrogen-bond acceptors (Lipinski definition) is 7. The number of aliphatic carboxylic acids is 1. The number of amides is 2. The molecule has 2 aromatic rings. The molecule has 158 valence electrons. The van der Waals surface area contributed by atoms with Gasteiger partial charge in [0, 0.05) is 11.1 Å². The summed E-state index contributed by atoms with van der Waals surface area (Å²) in [5.41, 5.74) is 3.05. The summed E-state index contributed by atoms with van der Waals surface area (Å²) in [4.78, 5) is 34.7. The minimum atomic E-state index is -1.11. The zero-order valence-corrected chi connectivity index (χ0v) is 16.4. The van der Waals surface area contributed by atoms with Gasteiger partial charge >= 0.3 is 5.97 Å². The molecule has 0 unspecified atom stereocenters. The average molecular weight is 415 g/mol. The number of hydrogen-bond donors (Lipinski definition) is 3. The minimum Gasteiger partial charge on any atom is -0.493 e. The number of ether oxygens (including phenoxy) is 3. The SMILES string of the molecule is COc1ccc(C(=O)NCC(=O)N/N=C/c2ccccc2OCC(=O)O)cc1OC. The first-order valence-corrected chi connectivity index (χ1v) is 8.70. The van der Waals surface area contributed by atoms with E-state index in [1.165, 1.54) is 26.5 Å². The van der Waals surface area contributed by atoms with Crippen LogP contribution in [0.1, 0.15) is 15.9 Å². The molecule has 30 heavy (non-hydrogen) atoms. The van der Waals surface area contributed by atoms with Gasteiger partial charge in [-0.05, 0) is 30.3 Å². The number of nitrogens with one attached hydrogen (secondary N) is 2. The maximum atomic E-state index is 12.2. The lowest BCUT2D eigenvalue weighted by Gasteiger charge is -2.09. The van der Waals surface area contributed by atoms with E-state index in [1.807, 2.05) is 0 Å². The predicted octanol–water partition coefficient (Wildman–Crippen LogP) is 1.05. The molecule has 0 heterocycles. The van der Waals surface area contributed by atoms with E-state index in [9.17, 15) is 14.4 Å². The monoisotopic (exact) mass is 415 g/mol. The fourth-order valence-corrected chi connectivity index (χ4v) is 2.31. The molecule has 3 N–H and O–H groups in total. The van der Waals surface area contributed by atoms with Crippen molar-refractivity contribution in [3.05, 3.63) is 53.6 Å². The Bertz CT molecular complexity index is 944. The van der Waals surface area contributed by atoms with Crippen LogP contribution >= 0.6 is 0 Å². The highest BCUT2D eigenvalue weighted by Crippen LogP contribution is 2.27. The molecule has 0 saturated heterocycles. The molecule has 0 saturated carbocycles. The van der Waals surface area contributed by atoms with Crippen molar-refractivity contribution in [1.29, 1.82) is 0 Å². The van der Waals surface area contributed by atoms with Crippen LogP contribution in [0.4, 0.5) is 0 Å². The number of rotatable bonds is 10. The van der Waals surface area contributed by atoms with E-state index in [2.05, 4.69) is 15.8 Å². The molecule has 2 aromatic carbocycles. The first-order chi connectivity index (χ1) is 14.4. The highest BCUT2D eigenvalue weighted by Gasteiger charge is 2.12. The van der Waals surface area contributed by atoms with E-state index >= 15 is 0 Å². The van der Waals surface area contributed by atoms with Gasteiger partial charge in [-0.1, -0.05) is 12.1 Å². The van der Waals surface area contributed by atoms with Crippen LogP contribution in [0.25, 0.3) is 0 Å². The highest BCUT2D eigenvalue weighted by atomic mass is 16.5. The van der Waals surface area contributed by atoms with Crippen LogP contribution in [-0.2, 0) is 9.59 Å². The summed E-state index contributed by atoms with van der Waals surface area (Å²) >= 11 is 0. The van der Waals surface area contributed by atoms with Crippen LogP contribution in [-0.4, -0.2) is 56.5 Å². The van der Waals surface area contributed by atoms with Gasteiger partial charge in [-0.2, -0.15) is 5.10 Å². The van der Waals surface area contributed by atoms with Gasteiger partial charge in [0.15, 0.2) is 18.1 Å². The van der Waals surface area contributed by atoms with Gasteiger partial charge in [0.2, 0.25) is 0 Å². The lowest BCUT2D eigenvalue weighted by Crippen LogP contribution is -2.34. The Labute approximate surface area is 172 Å². The van der Waals surface area contributed by atoms with Crippen molar-refractivity contribution in [2.45, 2.75) is 0 Å². The summed E-state index contributed by atoms with van der Waals surface area (Å²) in [7, 11) is 2.94. The molecule has 0 aliphatic heterocycles. The first-order valence-electron chi connectivity index (χ1n) is 8.70. The quantitative estimate of drug-likeness (QED) is 0.390. The van der Waals surface area contributed by atoms with E-state index in [-0.39, 0.29) is 6.54 Å². The van der Waals surface area contributed by atoms with Crippen molar-refractivity contribution in [3.8, 4) is 17.2 Å². The van der Waals surface area contributed by atoms with E-state index < -0.39 is 24.4 Å². The summed E-state index contributed by atoms with van der Waals surface area (Å²) < 4.78 is 15.4. The Balaban J connectivity index is 1.88. The zero-order valence-electron chi connectivity index (χ0n) is 16.4. The van der Waals surface area contributed by atoms with E-state index in [4.69, 9.17) is 19.3 Å². The van der Waals surface area contributed by atoms with Crippen LogP contribution in [0, 0.1) is 0 Å². The van der Waals surface area contributed by atoms with Crippen molar-refractivity contribution in [1.82, 2.24) is 10.7 Å². The Morgan fingerprint density at radius 3 is 2.47 bits per heavy atom. The number of carbonyl (C=O) groups is 3. The van der Waals surface area contributed by atoms with E-state index in [0.29, 0.717) is 28.4 Å². The van der Waals surface area contributed by atoms with Crippen LogP contribution in [0.15, 0.2) is 47.6 Å². The second kappa shape index (κ2) is 11.1. The van der Waals surface area contributed by atoms with Crippen molar-refractivity contribution in [2.24, 2.45) is 5.10 Å². The molecule has 0 spiro atoms. The van der Waals surface area contributed by atoms with E-state index in [1.54, 1.807) is 36.4 Å². The molecule has 0 aromatic heterocycles. The molecule has 2 rings (SSSR count). The fraction of sp³-hybridized carbons (Fsp3) is 0.200. The molecular formula is C20H21N3O7. The highest BCUT2D eigenvalue weighted by molar-refractivity contribution is 5.97. The van der Waals surface area contributed by atoms with Gasteiger partial charge in [0.05, 0.1) is 27.0 Å². The van der Waals surface area contributed by atoms with Gasteiger partial charge in [-0.3, -0.25) is 9.59 Å². The second-order valence-electron chi connectivity index (χ2n) is 5.77. The van der Waals surface area contributed by atoms with Gasteiger partial charge < -0.3 is 24.6 Å². The maximum Gasteiger partial charge on any atom is 0.341 e. The lowest BCUT2D eigenvalue weighted by molar-refractivity contribution is -0.139. The summed E-state index contributed by atoms with van der Waals surface area (Å²) in [6.07, 6.45) is 1.31. The lowest BCUT2D eigenvalue weighted by atomic mass is 10.2. The smallest absolute Gasteiger partial charge is 0.341 e. The number of para-hydroxylation sites is 1. The minimum absolute atomic E-state index is 0.299. The van der Waals surface area contributed by atoms with Gasteiger partial charge in [0.25, 0.3) is 11.8 Å². The standard InChI is InChI=1S/C20H21N3O7/c1-28-16-8-7-13(9-17(16)29-2)20(27)21-11-18(24)23-22-10-14-5-3-4-6-15(14)30-12-19(25)26/h3-10H,11-12H2,1-2H3,(H,21,27)(H,23,24)(H,25,26)/b22-10+. The maximum absolute atomic E-state index is 12.2. The molecule has 0 aliphatic carbocycles. The largest absolute Gasteiger partial charge is 0.493 e. The summed E-state index contributed by atoms with van der Waals surface area (Å²) in [5, 5.41) is 15.0. The first kappa shape index (κ1) is 22.2. The second-order valence-corrected chi connectivity index (χ2v) is 5.77. The molecule has 0 aliphatic rings. The predicted molar refractivity (Wildman–Crippen MR) is 107 cm³/mol. The zero-order chi connectivity index (χ0) is 21.9. The van der Waals surface area contributed by atoms with Crippen molar-refractivity contribution < 1.29 is 33.7 Å². The number of carboxylic acid groups (broad SMARTS) is 1. The van der Waals surface area contributed by atoms with Crippen LogP contribution in [0.2, 0.25) is 0 Å². The van der Waals surface area contributed by atoms with Crippen molar-refractivity contribution in [2.75, 3.05) is 27.4 Å². The van der Waals surface area contributed by atoms with Crippen LogP contribution in [0.3, 0.4) is 0 Å². The summed E-state index contributed by atoms with van der Waals surface area (Å²) in [6, 6.07) is 11.2. The van der Waals surface area contributed by atoms with Gasteiger partial charge in [-0.25, -0.2) is 10.2 Å². The molecule has 0 radical (unpaired) electrons. The number of hydrazone groups is 1. The van der Waals surface area contributed by atoms with Gasteiger partial charge in [-0.15, -0.1) is 0 Å². The Hall–Kier alpha value is -4.08. The third-order valence-corrected chi connectivity index (χ3v) is 3.72.